The molecule has 1 heterocycles. The lowest BCUT2D eigenvalue weighted by atomic mass is 10.4. The monoisotopic (exact) mass is 334 g/mol. The van der Waals surface area contributed by atoms with E-state index >= 15 is 0 Å². The summed E-state index contributed by atoms with van der Waals surface area (Å²) in [5, 5.41) is 4.55. The number of methoxy groups -OCH3 is 3. The van der Waals surface area contributed by atoms with Crippen molar-refractivity contribution in [2.45, 2.75) is 0 Å². The van der Waals surface area contributed by atoms with Crippen LogP contribution < -0.4 is 17.2 Å². The lowest BCUT2D eigenvalue weighted by Crippen LogP contribution is -2.02. The highest BCUT2D eigenvalue weighted by Crippen LogP contribution is 1.88. The van der Waals surface area contributed by atoms with Crippen molar-refractivity contribution in [1.82, 2.24) is 10.2 Å². The maximum absolute atomic E-state index is 10.6. The van der Waals surface area contributed by atoms with Gasteiger partial charge >= 0.3 is 17.9 Å². The lowest BCUT2D eigenvalue weighted by Gasteiger charge is -1.90. The molecule has 8 N–H and O–H groups in total. The van der Waals surface area contributed by atoms with Gasteiger partial charge in [0, 0.05) is 17.9 Å². The second-order valence-electron chi connectivity index (χ2n) is 2.90. The molecule has 0 atom stereocenters. The lowest BCUT2D eigenvalue weighted by molar-refractivity contribution is -0.135. The standard InChI is InChI=1S/C6H6O4.C5H6N2O3.H4N2.H2O/c1-9-5(7)3-4-6(8)10-2;1-10-5(9)3-2-4(8)7-6-3;1-2;/h1-2H3;2H,1H3,(H2,6,7,8);1-2H2;1H2. The van der Waals surface area contributed by atoms with Crippen LogP contribution in [0.4, 0.5) is 0 Å². The molecule has 12 nitrogen and oxygen atoms in total. The zero-order chi connectivity index (χ0) is 17.5. The normalized spacial score (nSPS) is 7.35. The largest absolute Gasteiger partial charge is 0.464 e. The number of H-pyrrole nitrogens is 2. The highest BCUT2D eigenvalue weighted by Gasteiger charge is 2.05. The number of esters is 3. The van der Waals surface area contributed by atoms with Gasteiger partial charge in [-0.3, -0.25) is 26.7 Å². The minimum atomic E-state index is -0.759. The maximum atomic E-state index is 10.6. The summed E-state index contributed by atoms with van der Waals surface area (Å²) in [6.45, 7) is 0. The van der Waals surface area contributed by atoms with E-state index in [-0.39, 0.29) is 16.7 Å². The molecule has 0 radical (unpaired) electrons. The Labute approximate surface area is 130 Å². The van der Waals surface area contributed by atoms with Crippen LogP contribution in [-0.4, -0.2) is 54.9 Å². The number of nitrogens with one attached hydrogen (secondary N) is 2. The molecular formula is C11H18N4O8. The van der Waals surface area contributed by atoms with Gasteiger partial charge in [0.1, 0.15) is 5.69 Å². The molecule has 0 aromatic carbocycles. The summed E-state index contributed by atoms with van der Waals surface area (Å²) in [6.07, 6.45) is 0. The first-order chi connectivity index (χ1) is 10.4. The van der Waals surface area contributed by atoms with Gasteiger partial charge in [0.15, 0.2) is 0 Å². The van der Waals surface area contributed by atoms with Crippen LogP contribution in [0.5, 0.6) is 0 Å². The summed E-state index contributed by atoms with van der Waals surface area (Å²) < 4.78 is 12.6. The van der Waals surface area contributed by atoms with E-state index in [4.69, 9.17) is 0 Å². The molecule has 0 fully saturated rings. The van der Waals surface area contributed by atoms with Crippen LogP contribution in [0.15, 0.2) is 10.9 Å². The van der Waals surface area contributed by atoms with Gasteiger partial charge in [0.25, 0.3) is 5.56 Å². The fourth-order valence-electron chi connectivity index (χ4n) is 0.756. The van der Waals surface area contributed by atoms with Crippen molar-refractivity contribution in [2.75, 3.05) is 21.3 Å². The fraction of sp³-hybridized carbons (Fsp3) is 0.273. The maximum Gasteiger partial charge on any atom is 0.384 e. The second-order valence-corrected chi connectivity index (χ2v) is 2.90. The van der Waals surface area contributed by atoms with Crippen molar-refractivity contribution in [3.05, 3.63) is 22.1 Å². The molecule has 1 rings (SSSR count). The average molecular weight is 334 g/mol. The molecular weight excluding hydrogens is 316 g/mol. The summed E-state index contributed by atoms with van der Waals surface area (Å²) >= 11 is 0. The molecule has 0 aliphatic heterocycles. The Hall–Kier alpha value is -3.14. The Morgan fingerprint density at radius 1 is 0.957 bits per heavy atom. The number of carbonyl (C=O) groups is 3. The third-order valence-electron chi connectivity index (χ3n) is 1.64. The van der Waals surface area contributed by atoms with Crippen molar-refractivity contribution >= 4 is 17.9 Å². The van der Waals surface area contributed by atoms with Gasteiger partial charge in [-0.25, -0.2) is 14.4 Å². The zero-order valence-corrected chi connectivity index (χ0v) is 12.6. The Morgan fingerprint density at radius 3 is 1.65 bits per heavy atom. The number of ether oxygens (including phenoxy) is 3. The van der Waals surface area contributed by atoms with Gasteiger partial charge in [0.2, 0.25) is 0 Å². The molecule has 130 valence electrons. The van der Waals surface area contributed by atoms with E-state index in [1.54, 1.807) is 0 Å². The molecule has 1 aromatic rings. The number of aromatic amines is 2. The number of hydrogen-bond donors (Lipinski definition) is 4. The molecule has 0 amide bonds. The van der Waals surface area contributed by atoms with Gasteiger partial charge in [0.05, 0.1) is 21.3 Å². The molecule has 12 heteroatoms. The molecule has 0 spiro atoms. The number of rotatable bonds is 1. The summed E-state index contributed by atoms with van der Waals surface area (Å²) in [4.78, 5) is 41.5. The predicted molar refractivity (Wildman–Crippen MR) is 76.5 cm³/mol. The van der Waals surface area contributed by atoms with Crippen molar-refractivity contribution in [3.8, 4) is 11.8 Å². The van der Waals surface area contributed by atoms with Crippen molar-refractivity contribution in [3.63, 3.8) is 0 Å². The van der Waals surface area contributed by atoms with Crippen LogP contribution in [-0.2, 0) is 23.8 Å². The summed E-state index contributed by atoms with van der Waals surface area (Å²) in [5.74, 6) is 9.72. The van der Waals surface area contributed by atoms with E-state index in [2.05, 4.69) is 36.1 Å². The molecule has 0 unspecified atom stereocenters. The molecule has 0 bridgehead atoms. The minimum Gasteiger partial charge on any atom is -0.464 e. The average Bonchev–Trinajstić information content (AvgIpc) is 3.00. The molecule has 1 aromatic heterocycles. The van der Waals surface area contributed by atoms with Gasteiger partial charge < -0.3 is 19.7 Å². The molecule has 23 heavy (non-hydrogen) atoms. The number of nitrogens with two attached hydrogens (primary N) is 2. The van der Waals surface area contributed by atoms with Crippen LogP contribution in [0.25, 0.3) is 0 Å². The van der Waals surface area contributed by atoms with E-state index in [9.17, 15) is 19.2 Å². The van der Waals surface area contributed by atoms with E-state index in [0.29, 0.717) is 0 Å². The Bertz CT molecular complexity index is 575. The fourth-order valence-corrected chi connectivity index (χ4v) is 0.756. The predicted octanol–water partition coefficient (Wildman–Crippen LogP) is -3.18. The van der Waals surface area contributed by atoms with E-state index in [1.165, 1.54) is 21.3 Å². The molecule has 0 aliphatic rings. The first-order valence-electron chi connectivity index (χ1n) is 5.31. The third kappa shape index (κ3) is 12.3. The zero-order valence-electron chi connectivity index (χ0n) is 12.6. The van der Waals surface area contributed by atoms with E-state index < -0.39 is 17.9 Å². The first kappa shape index (κ1) is 24.9. The highest BCUT2D eigenvalue weighted by molar-refractivity contribution is 5.98. The van der Waals surface area contributed by atoms with Crippen LogP contribution in [0.1, 0.15) is 10.5 Å². The summed E-state index contributed by atoms with van der Waals surface area (Å²) in [7, 11) is 3.59. The van der Waals surface area contributed by atoms with Crippen molar-refractivity contribution < 1.29 is 34.1 Å². The SMILES string of the molecule is COC(=O)C#CC(=O)OC.COC(=O)c1cc(=O)[nH][nH]1.NN.O. The number of hydrogen-bond acceptors (Lipinski definition) is 9. The van der Waals surface area contributed by atoms with Crippen LogP contribution >= 0.6 is 0 Å². The third-order valence-corrected chi connectivity index (χ3v) is 1.64. The smallest absolute Gasteiger partial charge is 0.384 e. The van der Waals surface area contributed by atoms with Crippen LogP contribution in [0.3, 0.4) is 0 Å². The van der Waals surface area contributed by atoms with Crippen molar-refractivity contribution in [2.24, 2.45) is 11.7 Å². The Morgan fingerprint density at radius 2 is 1.39 bits per heavy atom. The summed E-state index contributed by atoms with van der Waals surface area (Å²) in [6, 6.07) is 1.13. The van der Waals surface area contributed by atoms with Gasteiger partial charge in [-0.15, -0.1) is 0 Å². The molecule has 0 saturated carbocycles. The second kappa shape index (κ2) is 15.3. The molecule has 0 saturated heterocycles. The van der Waals surface area contributed by atoms with E-state index in [1.807, 2.05) is 11.8 Å². The summed E-state index contributed by atoms with van der Waals surface area (Å²) in [5.41, 5.74) is -0.215. The number of carbonyl (C=O) groups excluding carboxylic acids is 3. The first-order valence-corrected chi connectivity index (χ1v) is 5.31. The van der Waals surface area contributed by atoms with Gasteiger partial charge in [-0.2, -0.15) is 0 Å². The topological polar surface area (TPSA) is 211 Å². The van der Waals surface area contributed by atoms with Gasteiger partial charge in [-0.05, 0) is 0 Å². The quantitative estimate of drug-likeness (QED) is 0.102. The van der Waals surface area contributed by atoms with Crippen LogP contribution in [0.2, 0.25) is 0 Å². The van der Waals surface area contributed by atoms with Gasteiger partial charge in [-0.1, -0.05) is 0 Å². The van der Waals surface area contributed by atoms with Crippen molar-refractivity contribution in [1.29, 1.82) is 0 Å². The number of hydrazine groups is 1. The molecule has 0 aliphatic carbocycles. The highest BCUT2D eigenvalue weighted by atomic mass is 16.5. The van der Waals surface area contributed by atoms with E-state index in [0.717, 1.165) is 6.07 Å². The Balaban J connectivity index is -0.000000302. The Kier molecular flexibility index (Phi) is 16.5. The minimum absolute atomic E-state index is 0. The van der Waals surface area contributed by atoms with Crippen LogP contribution in [0, 0.1) is 11.8 Å². The number of aromatic nitrogens is 2.